The molecular weight excluding hydrogens is 320 g/mol. The third-order valence-corrected chi connectivity index (χ3v) is 4.66. The maximum absolute atomic E-state index is 12.7. The highest BCUT2D eigenvalue weighted by Gasteiger charge is 2.39. The van der Waals surface area contributed by atoms with Crippen molar-refractivity contribution in [2.24, 2.45) is 11.3 Å². The van der Waals surface area contributed by atoms with Crippen LogP contribution in [0.2, 0.25) is 0 Å². The first-order valence-corrected chi connectivity index (χ1v) is 7.91. The van der Waals surface area contributed by atoms with Gasteiger partial charge < -0.3 is 14.6 Å². The molecule has 1 saturated heterocycles. The molecule has 4 nitrogen and oxygen atoms in total. The van der Waals surface area contributed by atoms with Crippen molar-refractivity contribution in [3.63, 3.8) is 0 Å². The molecule has 1 aliphatic heterocycles. The maximum atomic E-state index is 12.7. The van der Waals surface area contributed by atoms with Crippen LogP contribution in [0.1, 0.15) is 32.4 Å². The Morgan fingerprint density at radius 3 is 2.85 bits per heavy atom. The average Bonchev–Trinajstić information content (AvgIpc) is 2.84. The molecule has 20 heavy (non-hydrogen) atoms. The molecule has 1 aliphatic rings. The largest absolute Gasteiger partial charge is 0.452 e. The molecule has 0 radical (unpaired) electrons. The first-order chi connectivity index (χ1) is 9.41. The first-order valence-electron chi connectivity index (χ1n) is 7.11. The van der Waals surface area contributed by atoms with Gasteiger partial charge in [0.1, 0.15) is 5.76 Å². The Bertz CT molecular complexity index is 464. The summed E-state index contributed by atoms with van der Waals surface area (Å²) in [6.07, 6.45) is 2.27. The van der Waals surface area contributed by atoms with E-state index in [4.69, 9.17) is 4.42 Å². The van der Waals surface area contributed by atoms with Crippen LogP contribution in [0.3, 0.4) is 0 Å². The van der Waals surface area contributed by atoms with E-state index in [9.17, 15) is 4.79 Å². The van der Waals surface area contributed by atoms with Gasteiger partial charge in [-0.1, -0.05) is 13.8 Å². The second kappa shape index (κ2) is 6.31. The van der Waals surface area contributed by atoms with Crippen LogP contribution in [-0.4, -0.2) is 30.9 Å². The molecule has 1 fully saturated rings. The molecule has 1 aromatic heterocycles. The second-order valence-electron chi connectivity index (χ2n) is 6.13. The molecular formula is C15H23BrN2O2. The lowest BCUT2D eigenvalue weighted by Gasteiger charge is -2.38. The van der Waals surface area contributed by atoms with Gasteiger partial charge in [-0.05, 0) is 59.9 Å². The van der Waals surface area contributed by atoms with Gasteiger partial charge in [0.05, 0.1) is 6.54 Å². The molecule has 0 saturated carbocycles. The van der Waals surface area contributed by atoms with Gasteiger partial charge in [-0.3, -0.25) is 4.79 Å². The zero-order chi connectivity index (χ0) is 14.8. The molecule has 0 spiro atoms. The fraction of sp³-hybridized carbons (Fsp3) is 0.667. The van der Waals surface area contributed by atoms with Crippen molar-refractivity contribution < 1.29 is 9.21 Å². The lowest BCUT2D eigenvalue weighted by molar-refractivity contribution is -0.143. The van der Waals surface area contributed by atoms with E-state index in [1.54, 1.807) is 4.90 Å². The molecule has 1 unspecified atom stereocenters. The van der Waals surface area contributed by atoms with Gasteiger partial charge in [0.15, 0.2) is 4.67 Å². The highest BCUT2D eigenvalue weighted by Crippen LogP contribution is 2.33. The van der Waals surface area contributed by atoms with E-state index in [0.717, 1.165) is 31.7 Å². The number of hydrogen-bond donors (Lipinski definition) is 1. The molecule has 2 rings (SSSR count). The van der Waals surface area contributed by atoms with Crippen molar-refractivity contribution in [1.29, 1.82) is 0 Å². The van der Waals surface area contributed by atoms with E-state index in [0.29, 0.717) is 17.1 Å². The Kier molecular flexibility index (Phi) is 4.91. The summed E-state index contributed by atoms with van der Waals surface area (Å²) in [5.41, 5.74) is -0.341. The molecule has 0 aliphatic carbocycles. The molecule has 112 valence electrons. The van der Waals surface area contributed by atoms with Crippen LogP contribution in [0.4, 0.5) is 0 Å². The third-order valence-electron chi connectivity index (χ3n) is 4.24. The lowest BCUT2D eigenvalue weighted by Crippen LogP contribution is -2.47. The predicted molar refractivity (Wildman–Crippen MR) is 82.3 cm³/mol. The SMILES string of the molecule is CN(Cc1ccc(Br)o1)C(=O)C(C)(C)C1CCCNC1. The van der Waals surface area contributed by atoms with Crippen molar-refractivity contribution in [3.05, 3.63) is 22.6 Å². The van der Waals surface area contributed by atoms with Crippen molar-refractivity contribution >= 4 is 21.8 Å². The molecule has 1 atom stereocenters. The van der Waals surface area contributed by atoms with Crippen molar-refractivity contribution in [3.8, 4) is 0 Å². The van der Waals surface area contributed by atoms with Crippen LogP contribution in [0.15, 0.2) is 21.2 Å². The third kappa shape index (κ3) is 3.44. The fourth-order valence-electron chi connectivity index (χ4n) is 2.88. The summed E-state index contributed by atoms with van der Waals surface area (Å²) in [6.45, 7) is 6.62. The van der Waals surface area contributed by atoms with Crippen LogP contribution in [-0.2, 0) is 11.3 Å². The van der Waals surface area contributed by atoms with Gasteiger partial charge in [-0.25, -0.2) is 0 Å². The van der Waals surface area contributed by atoms with Crippen LogP contribution in [0.25, 0.3) is 0 Å². The number of carbonyl (C=O) groups excluding carboxylic acids is 1. The molecule has 1 N–H and O–H groups in total. The standard InChI is InChI=1S/C15H23BrN2O2/c1-15(2,11-5-4-8-17-9-11)14(19)18(3)10-12-6-7-13(16)20-12/h6-7,11,17H,4-5,8-10H2,1-3H3. The summed E-state index contributed by atoms with van der Waals surface area (Å²) in [5.74, 6) is 1.37. The normalized spacial score (nSPS) is 19.9. The number of piperidine rings is 1. The predicted octanol–water partition coefficient (Wildman–Crippen LogP) is 3.03. The number of furan rings is 1. The molecule has 0 aromatic carbocycles. The van der Waals surface area contributed by atoms with E-state index in [1.165, 1.54) is 0 Å². The minimum atomic E-state index is -0.341. The number of hydrogen-bond acceptors (Lipinski definition) is 3. The number of carbonyl (C=O) groups is 1. The molecule has 2 heterocycles. The summed E-state index contributed by atoms with van der Waals surface area (Å²) in [6, 6.07) is 3.74. The Morgan fingerprint density at radius 2 is 2.30 bits per heavy atom. The second-order valence-corrected chi connectivity index (χ2v) is 6.91. The summed E-state index contributed by atoms with van der Waals surface area (Å²) < 4.78 is 6.17. The summed E-state index contributed by atoms with van der Waals surface area (Å²) in [7, 11) is 1.84. The van der Waals surface area contributed by atoms with E-state index < -0.39 is 0 Å². The smallest absolute Gasteiger partial charge is 0.228 e. The van der Waals surface area contributed by atoms with Gasteiger partial charge in [0.25, 0.3) is 0 Å². The summed E-state index contributed by atoms with van der Waals surface area (Å²) >= 11 is 3.28. The zero-order valence-electron chi connectivity index (χ0n) is 12.4. The van der Waals surface area contributed by atoms with E-state index in [1.807, 2.05) is 19.2 Å². The van der Waals surface area contributed by atoms with Crippen molar-refractivity contribution in [2.45, 2.75) is 33.2 Å². The molecule has 1 amide bonds. The Labute approximate surface area is 129 Å². The van der Waals surface area contributed by atoms with Crippen LogP contribution >= 0.6 is 15.9 Å². The van der Waals surface area contributed by atoms with Crippen molar-refractivity contribution in [1.82, 2.24) is 10.2 Å². The average molecular weight is 343 g/mol. The molecule has 1 aromatic rings. The Balaban J connectivity index is 2.00. The quantitative estimate of drug-likeness (QED) is 0.914. The topological polar surface area (TPSA) is 45.5 Å². The number of halogens is 1. The highest BCUT2D eigenvalue weighted by molar-refractivity contribution is 9.10. The Morgan fingerprint density at radius 1 is 1.55 bits per heavy atom. The number of rotatable bonds is 4. The lowest BCUT2D eigenvalue weighted by atomic mass is 9.74. The Hall–Kier alpha value is -0.810. The first kappa shape index (κ1) is 15.6. The van der Waals surface area contributed by atoms with Gasteiger partial charge in [0.2, 0.25) is 5.91 Å². The molecule has 0 bridgehead atoms. The van der Waals surface area contributed by atoms with Gasteiger partial charge in [-0.2, -0.15) is 0 Å². The summed E-state index contributed by atoms with van der Waals surface area (Å²) in [5, 5.41) is 3.39. The van der Waals surface area contributed by atoms with Gasteiger partial charge >= 0.3 is 0 Å². The summed E-state index contributed by atoms with van der Waals surface area (Å²) in [4.78, 5) is 14.5. The number of nitrogens with zero attached hydrogens (tertiary/aromatic N) is 1. The minimum absolute atomic E-state index is 0.179. The van der Waals surface area contributed by atoms with Gasteiger partial charge in [-0.15, -0.1) is 0 Å². The van der Waals surface area contributed by atoms with Crippen LogP contribution in [0.5, 0.6) is 0 Å². The number of amides is 1. The van der Waals surface area contributed by atoms with Crippen LogP contribution in [0, 0.1) is 11.3 Å². The van der Waals surface area contributed by atoms with Gasteiger partial charge in [0, 0.05) is 12.5 Å². The van der Waals surface area contributed by atoms with Crippen molar-refractivity contribution in [2.75, 3.05) is 20.1 Å². The maximum Gasteiger partial charge on any atom is 0.228 e. The fourth-order valence-corrected chi connectivity index (χ4v) is 3.22. The van der Waals surface area contributed by atoms with E-state index >= 15 is 0 Å². The minimum Gasteiger partial charge on any atom is -0.452 e. The zero-order valence-corrected chi connectivity index (χ0v) is 14.0. The molecule has 5 heteroatoms. The van der Waals surface area contributed by atoms with E-state index in [2.05, 4.69) is 35.1 Å². The van der Waals surface area contributed by atoms with Crippen LogP contribution < -0.4 is 5.32 Å². The number of nitrogens with one attached hydrogen (secondary N) is 1. The van der Waals surface area contributed by atoms with E-state index in [-0.39, 0.29) is 11.3 Å². The monoisotopic (exact) mass is 342 g/mol. The highest BCUT2D eigenvalue weighted by atomic mass is 79.9.